The van der Waals surface area contributed by atoms with E-state index >= 15 is 0 Å². The minimum absolute atomic E-state index is 0.0576. The van der Waals surface area contributed by atoms with Crippen molar-refractivity contribution < 1.29 is 9.90 Å². The second-order valence-electron chi connectivity index (χ2n) is 4.68. The van der Waals surface area contributed by atoms with Crippen molar-refractivity contribution in [3.05, 3.63) is 33.3 Å². The quantitative estimate of drug-likeness (QED) is 0.922. The largest absolute Gasteiger partial charge is 0.481 e. The maximum atomic E-state index is 11.1. The third kappa shape index (κ3) is 2.87. The highest BCUT2D eigenvalue weighted by Gasteiger charge is 2.35. The van der Waals surface area contributed by atoms with Gasteiger partial charge in [-0.2, -0.15) is 0 Å². The fourth-order valence-electron chi connectivity index (χ4n) is 2.43. The Hall–Kier alpha value is -0.580. The summed E-state index contributed by atoms with van der Waals surface area (Å²) in [6, 6.07) is 5.86. The number of hydrogen-bond acceptors (Lipinski definition) is 2. The zero-order valence-corrected chi connectivity index (χ0v) is 12.4. The summed E-state index contributed by atoms with van der Waals surface area (Å²) in [5.41, 5.74) is 1.04. The average molecular weight is 333 g/mol. The van der Waals surface area contributed by atoms with E-state index in [1.165, 1.54) is 0 Å². The summed E-state index contributed by atoms with van der Waals surface area (Å²) in [4.78, 5) is 13.2. The van der Waals surface area contributed by atoms with E-state index in [2.05, 4.69) is 20.8 Å². The zero-order valence-electron chi connectivity index (χ0n) is 10.1. The standard InChI is InChI=1S/C13H15BrClNO2/c1-8-11(13(17)18)4-5-16(8)7-9-2-3-10(14)6-12(9)15/h2-3,6,8,11H,4-5,7H2,1H3,(H,17,18). The van der Waals surface area contributed by atoms with Crippen LogP contribution in [0, 0.1) is 5.92 Å². The number of rotatable bonds is 3. The number of carboxylic acid groups (broad SMARTS) is 1. The molecule has 2 rings (SSSR count). The van der Waals surface area contributed by atoms with Crippen LogP contribution in [-0.2, 0) is 11.3 Å². The van der Waals surface area contributed by atoms with Gasteiger partial charge in [0.15, 0.2) is 0 Å². The summed E-state index contributed by atoms with van der Waals surface area (Å²) in [5, 5.41) is 9.82. The fraction of sp³-hybridized carbons (Fsp3) is 0.462. The van der Waals surface area contributed by atoms with E-state index in [0.717, 1.165) is 21.6 Å². The van der Waals surface area contributed by atoms with Gasteiger partial charge in [-0.1, -0.05) is 33.6 Å². The molecular formula is C13H15BrClNO2. The van der Waals surface area contributed by atoms with Crippen LogP contribution in [0.1, 0.15) is 18.9 Å². The minimum Gasteiger partial charge on any atom is -0.481 e. The van der Waals surface area contributed by atoms with E-state index in [4.69, 9.17) is 16.7 Å². The molecule has 0 spiro atoms. The van der Waals surface area contributed by atoms with Crippen LogP contribution < -0.4 is 0 Å². The Morgan fingerprint density at radius 2 is 2.33 bits per heavy atom. The number of nitrogens with zero attached hydrogens (tertiary/aromatic N) is 1. The summed E-state index contributed by atoms with van der Waals surface area (Å²) in [7, 11) is 0. The number of carboxylic acids is 1. The lowest BCUT2D eigenvalue weighted by molar-refractivity contribution is -0.142. The topological polar surface area (TPSA) is 40.5 Å². The lowest BCUT2D eigenvalue weighted by atomic mass is 10.0. The van der Waals surface area contributed by atoms with Gasteiger partial charge < -0.3 is 5.11 Å². The molecule has 0 aliphatic carbocycles. The maximum absolute atomic E-state index is 11.1. The fourth-order valence-corrected chi connectivity index (χ4v) is 3.16. The van der Waals surface area contributed by atoms with E-state index in [-0.39, 0.29) is 12.0 Å². The molecule has 0 aromatic heterocycles. The first-order chi connectivity index (χ1) is 8.49. The smallest absolute Gasteiger partial charge is 0.308 e. The molecule has 18 heavy (non-hydrogen) atoms. The van der Waals surface area contributed by atoms with E-state index in [1.54, 1.807) is 0 Å². The van der Waals surface area contributed by atoms with E-state index in [0.29, 0.717) is 13.0 Å². The summed E-state index contributed by atoms with van der Waals surface area (Å²) < 4.78 is 0.953. The van der Waals surface area contributed by atoms with Crippen molar-refractivity contribution in [2.24, 2.45) is 5.92 Å². The Balaban J connectivity index is 2.09. The molecule has 0 saturated carbocycles. The Morgan fingerprint density at radius 3 is 2.89 bits per heavy atom. The molecule has 3 nitrogen and oxygen atoms in total. The van der Waals surface area contributed by atoms with Crippen LogP contribution in [0.2, 0.25) is 5.02 Å². The molecule has 2 atom stereocenters. The van der Waals surface area contributed by atoms with Crippen LogP contribution in [0.15, 0.2) is 22.7 Å². The number of likely N-dealkylation sites (tertiary alicyclic amines) is 1. The highest BCUT2D eigenvalue weighted by atomic mass is 79.9. The lowest BCUT2D eigenvalue weighted by Crippen LogP contribution is -2.32. The SMILES string of the molecule is CC1C(C(=O)O)CCN1Cc1ccc(Br)cc1Cl. The van der Waals surface area contributed by atoms with Gasteiger partial charge in [-0.25, -0.2) is 0 Å². The molecule has 1 saturated heterocycles. The molecule has 1 N–H and O–H groups in total. The van der Waals surface area contributed by atoms with E-state index in [1.807, 2.05) is 25.1 Å². The van der Waals surface area contributed by atoms with Gasteiger partial charge in [0.05, 0.1) is 5.92 Å². The van der Waals surface area contributed by atoms with Gasteiger partial charge in [-0.05, 0) is 37.6 Å². The molecule has 0 radical (unpaired) electrons. The maximum Gasteiger partial charge on any atom is 0.308 e. The molecule has 1 heterocycles. The Bertz CT molecular complexity index is 466. The molecule has 1 aromatic carbocycles. The summed E-state index contributed by atoms with van der Waals surface area (Å²) in [5.74, 6) is -0.967. The van der Waals surface area contributed by atoms with Crippen LogP contribution >= 0.6 is 27.5 Å². The number of halogens is 2. The summed E-state index contributed by atoms with van der Waals surface area (Å²) in [6.07, 6.45) is 0.713. The van der Waals surface area contributed by atoms with Crippen molar-refractivity contribution in [2.45, 2.75) is 25.9 Å². The van der Waals surface area contributed by atoms with Crippen LogP contribution in [0.5, 0.6) is 0 Å². The molecule has 1 aliphatic heterocycles. The molecule has 1 aromatic rings. The van der Waals surface area contributed by atoms with Crippen LogP contribution in [-0.4, -0.2) is 28.6 Å². The Labute approximate surface area is 120 Å². The number of carbonyl (C=O) groups is 1. The van der Waals surface area contributed by atoms with Crippen molar-refractivity contribution in [2.75, 3.05) is 6.54 Å². The third-order valence-electron chi connectivity index (χ3n) is 3.59. The monoisotopic (exact) mass is 331 g/mol. The number of hydrogen-bond donors (Lipinski definition) is 1. The van der Waals surface area contributed by atoms with Gasteiger partial charge in [0.1, 0.15) is 0 Å². The van der Waals surface area contributed by atoms with E-state index < -0.39 is 5.97 Å². The molecule has 98 valence electrons. The molecular weight excluding hydrogens is 318 g/mol. The molecule has 5 heteroatoms. The highest BCUT2D eigenvalue weighted by Crippen LogP contribution is 2.29. The highest BCUT2D eigenvalue weighted by molar-refractivity contribution is 9.10. The first-order valence-corrected chi connectivity index (χ1v) is 7.07. The van der Waals surface area contributed by atoms with Crippen molar-refractivity contribution in [3.8, 4) is 0 Å². The van der Waals surface area contributed by atoms with Crippen LogP contribution in [0.25, 0.3) is 0 Å². The minimum atomic E-state index is -0.702. The van der Waals surface area contributed by atoms with Gasteiger partial charge in [-0.3, -0.25) is 9.69 Å². The lowest BCUT2D eigenvalue weighted by Gasteiger charge is -2.23. The second-order valence-corrected chi connectivity index (χ2v) is 6.00. The van der Waals surface area contributed by atoms with Crippen molar-refractivity contribution >= 4 is 33.5 Å². The second kappa shape index (κ2) is 5.59. The first kappa shape index (κ1) is 13.8. The van der Waals surface area contributed by atoms with Gasteiger partial charge in [0.25, 0.3) is 0 Å². The Morgan fingerprint density at radius 1 is 1.61 bits per heavy atom. The van der Waals surface area contributed by atoms with Crippen LogP contribution in [0.4, 0.5) is 0 Å². The van der Waals surface area contributed by atoms with Gasteiger partial charge >= 0.3 is 5.97 Å². The van der Waals surface area contributed by atoms with Gasteiger partial charge in [0, 0.05) is 22.1 Å². The number of aliphatic carboxylic acids is 1. The van der Waals surface area contributed by atoms with Crippen LogP contribution in [0.3, 0.4) is 0 Å². The predicted molar refractivity (Wildman–Crippen MR) is 74.8 cm³/mol. The predicted octanol–water partition coefficient (Wildman–Crippen LogP) is 3.40. The van der Waals surface area contributed by atoms with Gasteiger partial charge in [-0.15, -0.1) is 0 Å². The van der Waals surface area contributed by atoms with Crippen molar-refractivity contribution in [1.29, 1.82) is 0 Å². The summed E-state index contributed by atoms with van der Waals surface area (Å²) in [6.45, 7) is 3.49. The average Bonchev–Trinajstić information content (AvgIpc) is 2.64. The van der Waals surface area contributed by atoms with Crippen molar-refractivity contribution in [1.82, 2.24) is 4.90 Å². The number of benzene rings is 1. The zero-order chi connectivity index (χ0) is 13.3. The normalized spacial score (nSPS) is 24.4. The molecule has 1 aliphatic rings. The molecule has 0 amide bonds. The third-order valence-corrected chi connectivity index (χ3v) is 4.44. The molecule has 0 bridgehead atoms. The molecule has 2 unspecified atom stereocenters. The Kier molecular flexibility index (Phi) is 4.30. The summed E-state index contributed by atoms with van der Waals surface area (Å²) >= 11 is 9.56. The van der Waals surface area contributed by atoms with Gasteiger partial charge in [0.2, 0.25) is 0 Å². The van der Waals surface area contributed by atoms with E-state index in [9.17, 15) is 4.79 Å². The first-order valence-electron chi connectivity index (χ1n) is 5.90. The van der Waals surface area contributed by atoms with Crippen molar-refractivity contribution in [3.63, 3.8) is 0 Å². The molecule has 1 fully saturated rings.